The zero-order chi connectivity index (χ0) is 26.6. The van der Waals surface area contributed by atoms with Gasteiger partial charge in [0.2, 0.25) is 17.7 Å². The number of carboxylic acids is 2. The van der Waals surface area contributed by atoms with Gasteiger partial charge in [-0.3, -0.25) is 19.2 Å². The number of carbonyl (C=O) groups excluding carboxylic acids is 3. The van der Waals surface area contributed by atoms with E-state index in [-0.39, 0.29) is 37.0 Å². The summed E-state index contributed by atoms with van der Waals surface area (Å²) in [6, 6.07) is -4.19. The molecule has 0 aromatic carbocycles. The lowest BCUT2D eigenvalue weighted by molar-refractivity contribution is -0.144. The van der Waals surface area contributed by atoms with Gasteiger partial charge in [0.15, 0.2) is 0 Å². The largest absolute Gasteiger partial charge is 0.481 e. The third-order valence-corrected chi connectivity index (χ3v) is 5.92. The van der Waals surface area contributed by atoms with Crippen molar-refractivity contribution in [1.82, 2.24) is 16.0 Å². The minimum Gasteiger partial charge on any atom is -0.481 e. The second-order valence-electron chi connectivity index (χ2n) is 9.31. The van der Waals surface area contributed by atoms with Crippen molar-refractivity contribution < 1.29 is 34.2 Å². The van der Waals surface area contributed by atoms with Gasteiger partial charge in [0, 0.05) is 6.42 Å². The number of nitrogens with two attached hydrogens (primary N) is 1. The van der Waals surface area contributed by atoms with Gasteiger partial charge in [-0.15, -0.1) is 0 Å². The molecule has 0 aliphatic rings. The molecule has 0 radical (unpaired) electrons. The number of hydrogen-bond donors (Lipinski definition) is 6. The second-order valence-corrected chi connectivity index (χ2v) is 9.31. The normalized spacial score (nSPS) is 16.5. The smallest absolute Gasteiger partial charge is 0.326 e. The Morgan fingerprint density at radius 2 is 1.26 bits per heavy atom. The molecule has 0 aromatic heterocycles. The predicted octanol–water partition coefficient (Wildman–Crippen LogP) is 0.856. The molecule has 6 atom stereocenters. The van der Waals surface area contributed by atoms with Crippen molar-refractivity contribution >= 4 is 29.7 Å². The summed E-state index contributed by atoms with van der Waals surface area (Å²) in [6.07, 6.45) is 0.984. The van der Waals surface area contributed by atoms with Crippen molar-refractivity contribution in [2.75, 3.05) is 0 Å². The molecule has 0 rings (SSSR count). The van der Waals surface area contributed by atoms with Crippen LogP contribution in [0.15, 0.2) is 0 Å². The maximum atomic E-state index is 13.1. The Labute approximate surface area is 201 Å². The van der Waals surface area contributed by atoms with E-state index in [0.29, 0.717) is 12.8 Å². The summed E-state index contributed by atoms with van der Waals surface area (Å²) in [5, 5.41) is 26.1. The number of rotatable bonds is 16. The summed E-state index contributed by atoms with van der Waals surface area (Å²) >= 11 is 0. The molecule has 0 bridgehead atoms. The van der Waals surface area contributed by atoms with E-state index in [0.717, 1.165) is 0 Å². The fourth-order valence-corrected chi connectivity index (χ4v) is 3.27. The van der Waals surface area contributed by atoms with Crippen LogP contribution in [0.4, 0.5) is 0 Å². The Morgan fingerprint density at radius 3 is 1.71 bits per heavy atom. The molecule has 7 N–H and O–H groups in total. The highest BCUT2D eigenvalue weighted by atomic mass is 16.4. The van der Waals surface area contributed by atoms with E-state index in [1.807, 2.05) is 27.7 Å². The first-order valence-electron chi connectivity index (χ1n) is 11.9. The minimum absolute atomic E-state index is 0.0176. The third-order valence-electron chi connectivity index (χ3n) is 5.92. The molecule has 0 aliphatic carbocycles. The molecule has 0 saturated carbocycles. The number of nitrogens with one attached hydrogen (secondary N) is 3. The van der Waals surface area contributed by atoms with Crippen LogP contribution in [-0.2, 0) is 24.0 Å². The second kappa shape index (κ2) is 15.3. The summed E-state index contributed by atoms with van der Waals surface area (Å²) in [5.74, 6) is -4.69. The van der Waals surface area contributed by atoms with Crippen molar-refractivity contribution in [2.24, 2.45) is 23.5 Å². The lowest BCUT2D eigenvalue weighted by Gasteiger charge is -2.29. The molecule has 0 saturated heterocycles. The van der Waals surface area contributed by atoms with E-state index in [2.05, 4.69) is 16.0 Å². The zero-order valence-electron chi connectivity index (χ0n) is 21.1. The van der Waals surface area contributed by atoms with Crippen molar-refractivity contribution in [2.45, 2.75) is 97.8 Å². The van der Waals surface area contributed by atoms with E-state index < -0.39 is 53.8 Å². The first-order chi connectivity index (χ1) is 15.7. The standard InChI is InChI=1S/C23H42N4O7/c1-7-13(5)18(26-20(30)15(24)9-10-17(28)29)22(32)25-16(11-12(3)4)21(31)27-19(23(33)34)14(6)8-2/h12-16,18-19H,7-11,24H2,1-6H3,(H,25,32)(H,26,30)(H,27,31)(H,28,29)(H,33,34). The number of hydrogen-bond acceptors (Lipinski definition) is 6. The zero-order valence-corrected chi connectivity index (χ0v) is 21.1. The molecule has 0 heterocycles. The average molecular weight is 487 g/mol. The number of carbonyl (C=O) groups is 5. The van der Waals surface area contributed by atoms with Crippen LogP contribution < -0.4 is 21.7 Å². The molecule has 3 amide bonds. The minimum atomic E-state index is -1.16. The Kier molecular flexibility index (Phi) is 14.1. The summed E-state index contributed by atoms with van der Waals surface area (Å²) in [7, 11) is 0. The SMILES string of the molecule is CCC(C)C(NC(=O)C(CC(C)C)NC(=O)C(NC(=O)C(N)CCC(=O)O)C(C)CC)C(=O)O. The number of aliphatic carboxylic acids is 2. The van der Waals surface area contributed by atoms with Gasteiger partial charge in [-0.1, -0.05) is 54.4 Å². The fourth-order valence-electron chi connectivity index (χ4n) is 3.27. The number of carboxylic acid groups (broad SMARTS) is 2. The maximum Gasteiger partial charge on any atom is 0.326 e. The summed E-state index contributed by atoms with van der Waals surface area (Å²) in [5.41, 5.74) is 5.77. The maximum absolute atomic E-state index is 13.1. The number of amides is 3. The van der Waals surface area contributed by atoms with Crippen molar-refractivity contribution in [1.29, 1.82) is 0 Å². The van der Waals surface area contributed by atoms with Gasteiger partial charge in [0.1, 0.15) is 18.1 Å². The molecule has 0 aliphatic heterocycles. The van der Waals surface area contributed by atoms with Crippen LogP contribution >= 0.6 is 0 Å². The third kappa shape index (κ3) is 11.0. The topological polar surface area (TPSA) is 188 Å². The molecule has 34 heavy (non-hydrogen) atoms. The van der Waals surface area contributed by atoms with Gasteiger partial charge < -0.3 is 31.9 Å². The van der Waals surface area contributed by atoms with Crippen LogP contribution in [0.2, 0.25) is 0 Å². The summed E-state index contributed by atoms with van der Waals surface area (Å²) in [4.78, 5) is 60.9. The molecular weight excluding hydrogens is 444 g/mol. The van der Waals surface area contributed by atoms with E-state index in [4.69, 9.17) is 10.8 Å². The lowest BCUT2D eigenvalue weighted by atomic mass is 9.95. The van der Waals surface area contributed by atoms with Gasteiger partial charge in [-0.05, 0) is 30.6 Å². The van der Waals surface area contributed by atoms with E-state index >= 15 is 0 Å². The molecule has 11 heteroatoms. The predicted molar refractivity (Wildman–Crippen MR) is 127 cm³/mol. The van der Waals surface area contributed by atoms with Gasteiger partial charge in [-0.2, -0.15) is 0 Å². The molecule has 11 nitrogen and oxygen atoms in total. The summed E-state index contributed by atoms with van der Waals surface area (Å²) < 4.78 is 0. The van der Waals surface area contributed by atoms with Crippen LogP contribution in [0.25, 0.3) is 0 Å². The Morgan fingerprint density at radius 1 is 0.765 bits per heavy atom. The van der Waals surface area contributed by atoms with Crippen molar-refractivity contribution in [3.05, 3.63) is 0 Å². The van der Waals surface area contributed by atoms with E-state index in [1.54, 1.807) is 13.8 Å². The highest BCUT2D eigenvalue weighted by Crippen LogP contribution is 2.13. The Balaban J connectivity index is 5.57. The molecule has 196 valence electrons. The molecule has 0 fully saturated rings. The Bertz CT molecular complexity index is 713. The monoisotopic (exact) mass is 486 g/mol. The lowest BCUT2D eigenvalue weighted by Crippen LogP contribution is -2.59. The van der Waals surface area contributed by atoms with Crippen LogP contribution in [0.5, 0.6) is 0 Å². The van der Waals surface area contributed by atoms with Crippen LogP contribution in [0.1, 0.15) is 73.6 Å². The highest BCUT2D eigenvalue weighted by molar-refractivity contribution is 5.94. The molecule has 0 aromatic rings. The van der Waals surface area contributed by atoms with Gasteiger partial charge in [-0.25, -0.2) is 4.79 Å². The van der Waals surface area contributed by atoms with E-state index in [9.17, 15) is 29.1 Å². The first-order valence-corrected chi connectivity index (χ1v) is 11.9. The van der Waals surface area contributed by atoms with Crippen molar-refractivity contribution in [3.8, 4) is 0 Å². The Hall–Kier alpha value is -2.69. The molecule has 0 spiro atoms. The highest BCUT2D eigenvalue weighted by Gasteiger charge is 2.33. The fraction of sp³-hybridized carbons (Fsp3) is 0.783. The summed E-state index contributed by atoms with van der Waals surface area (Å²) in [6.45, 7) is 10.9. The van der Waals surface area contributed by atoms with E-state index in [1.165, 1.54) is 0 Å². The first kappa shape index (κ1) is 31.3. The van der Waals surface area contributed by atoms with Crippen LogP contribution in [0, 0.1) is 17.8 Å². The van der Waals surface area contributed by atoms with Gasteiger partial charge >= 0.3 is 11.9 Å². The van der Waals surface area contributed by atoms with Crippen molar-refractivity contribution in [3.63, 3.8) is 0 Å². The van der Waals surface area contributed by atoms with Gasteiger partial charge in [0.25, 0.3) is 0 Å². The average Bonchev–Trinajstić information content (AvgIpc) is 2.76. The molecule has 6 unspecified atom stereocenters. The van der Waals surface area contributed by atoms with Crippen LogP contribution in [0.3, 0.4) is 0 Å². The quantitative estimate of drug-likeness (QED) is 0.185. The molecular formula is C23H42N4O7. The van der Waals surface area contributed by atoms with Gasteiger partial charge in [0.05, 0.1) is 6.04 Å². The van der Waals surface area contributed by atoms with Crippen LogP contribution in [-0.4, -0.2) is 64.0 Å².